The lowest BCUT2D eigenvalue weighted by molar-refractivity contribution is -0.140. The fourth-order valence-electron chi connectivity index (χ4n) is 4.12. The molecule has 3 rings (SSSR count). The summed E-state index contributed by atoms with van der Waals surface area (Å²) in [5, 5.41) is 3.32. The standard InChI is InChI=1S/C29H33Cl2N3O4S/c1-5-27(29(36)32-20(2)3)33(18-22-13-11-21(4)12-14-22)28(35)19-34(25-16-23(30)15-24(31)17-25)39(37,38)26-9-7-6-8-10-26/h6-17,20,27H,5,18-19H2,1-4H3,(H,32,36). The number of rotatable bonds is 11. The minimum atomic E-state index is -4.20. The summed E-state index contributed by atoms with van der Waals surface area (Å²) in [7, 11) is -4.20. The van der Waals surface area contributed by atoms with Crippen molar-refractivity contribution in [1.29, 1.82) is 0 Å². The quantitative estimate of drug-likeness (QED) is 0.305. The number of sulfonamides is 1. The molecule has 1 unspecified atom stereocenters. The van der Waals surface area contributed by atoms with Crippen LogP contribution in [0.5, 0.6) is 0 Å². The Labute approximate surface area is 240 Å². The first-order valence-corrected chi connectivity index (χ1v) is 14.8. The fourth-order valence-corrected chi connectivity index (χ4v) is 6.06. The number of benzene rings is 3. The summed E-state index contributed by atoms with van der Waals surface area (Å²) >= 11 is 12.4. The Morgan fingerprint density at radius 2 is 1.51 bits per heavy atom. The minimum Gasteiger partial charge on any atom is -0.352 e. The Kier molecular flexibility index (Phi) is 10.4. The van der Waals surface area contributed by atoms with Gasteiger partial charge >= 0.3 is 0 Å². The number of anilines is 1. The third-order valence-corrected chi connectivity index (χ3v) is 8.26. The molecule has 7 nitrogen and oxygen atoms in total. The highest BCUT2D eigenvalue weighted by Crippen LogP contribution is 2.30. The van der Waals surface area contributed by atoms with Crippen LogP contribution in [0.4, 0.5) is 5.69 Å². The van der Waals surface area contributed by atoms with Crippen molar-refractivity contribution in [1.82, 2.24) is 10.2 Å². The van der Waals surface area contributed by atoms with Crippen LogP contribution in [-0.4, -0.2) is 43.8 Å². The van der Waals surface area contributed by atoms with Gasteiger partial charge in [0.2, 0.25) is 11.8 Å². The van der Waals surface area contributed by atoms with E-state index in [1.807, 2.05) is 52.0 Å². The van der Waals surface area contributed by atoms with Crippen molar-refractivity contribution < 1.29 is 18.0 Å². The molecule has 0 aliphatic heterocycles. The molecule has 1 atom stereocenters. The zero-order chi connectivity index (χ0) is 28.7. The first-order valence-electron chi connectivity index (χ1n) is 12.6. The van der Waals surface area contributed by atoms with Gasteiger partial charge in [0, 0.05) is 22.6 Å². The molecule has 0 saturated carbocycles. The second-order valence-electron chi connectivity index (χ2n) is 9.55. The van der Waals surface area contributed by atoms with Gasteiger partial charge in [0.15, 0.2) is 0 Å². The Hall–Kier alpha value is -3.07. The SMILES string of the molecule is CCC(C(=O)NC(C)C)N(Cc1ccc(C)cc1)C(=O)CN(c1cc(Cl)cc(Cl)c1)S(=O)(=O)c1ccccc1. The second kappa shape index (κ2) is 13.3. The van der Waals surface area contributed by atoms with E-state index in [1.165, 1.54) is 35.2 Å². The van der Waals surface area contributed by atoms with Crippen LogP contribution in [0, 0.1) is 6.92 Å². The van der Waals surface area contributed by atoms with E-state index in [1.54, 1.807) is 18.2 Å². The van der Waals surface area contributed by atoms with Gasteiger partial charge in [-0.15, -0.1) is 0 Å². The van der Waals surface area contributed by atoms with Gasteiger partial charge in [-0.1, -0.05) is 78.2 Å². The minimum absolute atomic E-state index is 0.00331. The summed E-state index contributed by atoms with van der Waals surface area (Å²) in [6, 6.07) is 18.8. The van der Waals surface area contributed by atoms with Crippen molar-refractivity contribution in [3.8, 4) is 0 Å². The Morgan fingerprint density at radius 1 is 0.923 bits per heavy atom. The largest absolute Gasteiger partial charge is 0.352 e. The lowest BCUT2D eigenvalue weighted by Crippen LogP contribution is -2.53. The molecule has 0 aromatic heterocycles. The number of nitrogens with one attached hydrogen (secondary N) is 1. The van der Waals surface area contributed by atoms with Crippen molar-refractivity contribution in [2.24, 2.45) is 0 Å². The maximum atomic E-state index is 14.0. The molecular weight excluding hydrogens is 557 g/mol. The van der Waals surface area contributed by atoms with Crippen LogP contribution in [0.15, 0.2) is 77.7 Å². The topological polar surface area (TPSA) is 86.8 Å². The van der Waals surface area contributed by atoms with Crippen LogP contribution in [0.3, 0.4) is 0 Å². The maximum Gasteiger partial charge on any atom is 0.264 e. The molecule has 0 bridgehead atoms. The first-order chi connectivity index (χ1) is 18.4. The van der Waals surface area contributed by atoms with Gasteiger partial charge in [-0.25, -0.2) is 8.42 Å². The van der Waals surface area contributed by atoms with E-state index in [-0.39, 0.29) is 39.1 Å². The van der Waals surface area contributed by atoms with Crippen molar-refractivity contribution in [2.75, 3.05) is 10.8 Å². The van der Waals surface area contributed by atoms with Crippen LogP contribution in [-0.2, 0) is 26.2 Å². The van der Waals surface area contributed by atoms with Gasteiger partial charge in [0.05, 0.1) is 10.6 Å². The third-order valence-electron chi connectivity index (χ3n) is 6.04. The summed E-state index contributed by atoms with van der Waals surface area (Å²) in [4.78, 5) is 28.6. The lowest BCUT2D eigenvalue weighted by atomic mass is 10.1. The molecule has 3 aromatic carbocycles. The Morgan fingerprint density at radius 3 is 2.05 bits per heavy atom. The summed E-state index contributed by atoms with van der Waals surface area (Å²) in [5.74, 6) is -0.854. The fraction of sp³-hybridized carbons (Fsp3) is 0.310. The van der Waals surface area contributed by atoms with Gasteiger partial charge in [-0.05, 0) is 63.1 Å². The summed E-state index contributed by atoms with van der Waals surface area (Å²) in [5.41, 5.74) is 2.01. The molecular formula is C29H33Cl2N3O4S. The van der Waals surface area contributed by atoms with Crippen LogP contribution in [0.2, 0.25) is 10.0 Å². The molecule has 2 amide bonds. The van der Waals surface area contributed by atoms with E-state index in [0.29, 0.717) is 6.42 Å². The van der Waals surface area contributed by atoms with E-state index in [2.05, 4.69) is 5.32 Å². The van der Waals surface area contributed by atoms with Crippen LogP contribution < -0.4 is 9.62 Å². The van der Waals surface area contributed by atoms with Crippen molar-refractivity contribution in [3.63, 3.8) is 0 Å². The predicted molar refractivity (Wildman–Crippen MR) is 157 cm³/mol. The number of carbonyl (C=O) groups excluding carboxylic acids is 2. The first kappa shape index (κ1) is 30.5. The van der Waals surface area contributed by atoms with E-state index in [0.717, 1.165) is 15.4 Å². The number of hydrogen-bond acceptors (Lipinski definition) is 4. The summed E-state index contributed by atoms with van der Waals surface area (Å²) in [6.07, 6.45) is 0.338. The van der Waals surface area contributed by atoms with Gasteiger partial charge < -0.3 is 10.2 Å². The Balaban J connectivity index is 2.08. The molecule has 10 heteroatoms. The molecule has 3 aromatic rings. The highest BCUT2D eigenvalue weighted by molar-refractivity contribution is 7.92. The molecule has 0 fully saturated rings. The van der Waals surface area contributed by atoms with Crippen LogP contribution >= 0.6 is 23.2 Å². The van der Waals surface area contributed by atoms with E-state index < -0.39 is 28.5 Å². The van der Waals surface area contributed by atoms with Gasteiger partial charge in [-0.3, -0.25) is 13.9 Å². The molecule has 0 aliphatic carbocycles. The zero-order valence-electron chi connectivity index (χ0n) is 22.4. The molecule has 0 spiro atoms. The molecule has 1 N–H and O–H groups in total. The van der Waals surface area contributed by atoms with Crippen molar-refractivity contribution in [2.45, 2.75) is 57.6 Å². The van der Waals surface area contributed by atoms with Crippen LogP contribution in [0.25, 0.3) is 0 Å². The zero-order valence-corrected chi connectivity index (χ0v) is 24.7. The van der Waals surface area contributed by atoms with E-state index in [4.69, 9.17) is 23.2 Å². The highest BCUT2D eigenvalue weighted by Gasteiger charge is 2.34. The number of aryl methyl sites for hydroxylation is 1. The van der Waals surface area contributed by atoms with Crippen molar-refractivity contribution >= 4 is 50.7 Å². The number of nitrogens with zero attached hydrogens (tertiary/aromatic N) is 2. The number of carbonyl (C=O) groups is 2. The van der Waals surface area contributed by atoms with E-state index in [9.17, 15) is 18.0 Å². The molecule has 0 aliphatic rings. The van der Waals surface area contributed by atoms with Gasteiger partial charge in [-0.2, -0.15) is 0 Å². The normalized spacial score (nSPS) is 12.2. The molecule has 39 heavy (non-hydrogen) atoms. The van der Waals surface area contributed by atoms with Gasteiger partial charge in [0.25, 0.3) is 10.0 Å². The average Bonchev–Trinajstić information content (AvgIpc) is 2.87. The highest BCUT2D eigenvalue weighted by atomic mass is 35.5. The maximum absolute atomic E-state index is 14.0. The van der Waals surface area contributed by atoms with Gasteiger partial charge in [0.1, 0.15) is 12.6 Å². The second-order valence-corrected chi connectivity index (χ2v) is 12.3. The lowest BCUT2D eigenvalue weighted by Gasteiger charge is -2.33. The summed E-state index contributed by atoms with van der Waals surface area (Å²) in [6.45, 7) is 7.01. The van der Waals surface area contributed by atoms with Crippen LogP contribution in [0.1, 0.15) is 38.3 Å². The van der Waals surface area contributed by atoms with E-state index >= 15 is 0 Å². The molecule has 0 heterocycles. The number of amides is 2. The smallest absolute Gasteiger partial charge is 0.264 e. The van der Waals surface area contributed by atoms with Crippen molar-refractivity contribution in [3.05, 3.63) is 94.0 Å². The molecule has 208 valence electrons. The Bertz CT molecular complexity index is 1380. The third kappa shape index (κ3) is 7.97. The predicted octanol–water partition coefficient (Wildman–Crippen LogP) is 5.83. The summed E-state index contributed by atoms with van der Waals surface area (Å²) < 4.78 is 28.6. The number of halogens is 2. The molecule has 0 saturated heterocycles. The monoisotopic (exact) mass is 589 g/mol. The average molecular weight is 591 g/mol. The number of hydrogen-bond donors (Lipinski definition) is 1. The molecule has 0 radical (unpaired) electrons.